The molecule has 2 N–H and O–H groups in total. The first-order valence-electron chi connectivity index (χ1n) is 7.61. The van der Waals surface area contributed by atoms with Gasteiger partial charge in [0.15, 0.2) is 0 Å². The summed E-state index contributed by atoms with van der Waals surface area (Å²) in [5, 5.41) is 0. The lowest BCUT2D eigenvalue weighted by Gasteiger charge is -2.45. The van der Waals surface area contributed by atoms with Gasteiger partial charge in [0.25, 0.3) is 0 Å². The second-order valence-electron chi connectivity index (χ2n) is 6.84. The van der Waals surface area contributed by atoms with Crippen LogP contribution in [0.25, 0.3) is 0 Å². The zero-order valence-electron chi connectivity index (χ0n) is 12.3. The highest BCUT2D eigenvalue weighted by atomic mass is 16.5. The maximum Gasteiger partial charge on any atom is 0.0678 e. The molecule has 106 valence electrons. The summed E-state index contributed by atoms with van der Waals surface area (Å²) < 4.78 is 5.82. The molecule has 0 radical (unpaired) electrons. The van der Waals surface area contributed by atoms with E-state index in [1.165, 1.54) is 32.2 Å². The molecule has 0 spiro atoms. The van der Waals surface area contributed by atoms with Crippen LogP contribution in [0.3, 0.4) is 0 Å². The van der Waals surface area contributed by atoms with Gasteiger partial charge in [0.2, 0.25) is 0 Å². The maximum atomic E-state index is 6.11. The molecule has 2 atom stereocenters. The molecule has 2 aliphatic rings. The van der Waals surface area contributed by atoms with Crippen LogP contribution in [0.2, 0.25) is 0 Å². The largest absolute Gasteiger partial charge is 0.373 e. The van der Waals surface area contributed by atoms with E-state index < -0.39 is 0 Å². The van der Waals surface area contributed by atoms with Crippen molar-refractivity contribution < 1.29 is 4.74 Å². The normalized spacial score (nSPS) is 43.0. The minimum Gasteiger partial charge on any atom is -0.373 e. The first-order valence-corrected chi connectivity index (χ1v) is 7.61. The van der Waals surface area contributed by atoms with Crippen molar-refractivity contribution in [3.8, 4) is 0 Å². The molecule has 2 fully saturated rings. The Morgan fingerprint density at radius 1 is 1.11 bits per heavy atom. The van der Waals surface area contributed by atoms with Crippen molar-refractivity contribution in [2.75, 3.05) is 26.2 Å². The van der Waals surface area contributed by atoms with Gasteiger partial charge in [0, 0.05) is 19.6 Å². The first kappa shape index (κ1) is 14.3. The van der Waals surface area contributed by atoms with Crippen molar-refractivity contribution >= 4 is 0 Å². The van der Waals surface area contributed by atoms with Crippen LogP contribution in [0.4, 0.5) is 0 Å². The van der Waals surface area contributed by atoms with E-state index in [2.05, 4.69) is 25.7 Å². The van der Waals surface area contributed by atoms with E-state index in [0.717, 1.165) is 25.6 Å². The van der Waals surface area contributed by atoms with E-state index in [9.17, 15) is 0 Å². The van der Waals surface area contributed by atoms with Gasteiger partial charge in [-0.2, -0.15) is 0 Å². The predicted octanol–water partition coefficient (Wildman–Crippen LogP) is 2.25. The van der Waals surface area contributed by atoms with Crippen LogP contribution >= 0.6 is 0 Å². The molecule has 18 heavy (non-hydrogen) atoms. The van der Waals surface area contributed by atoms with Gasteiger partial charge in [0.1, 0.15) is 0 Å². The van der Waals surface area contributed by atoms with Gasteiger partial charge >= 0.3 is 0 Å². The molecule has 0 unspecified atom stereocenters. The van der Waals surface area contributed by atoms with Gasteiger partial charge in [0.05, 0.1) is 12.2 Å². The van der Waals surface area contributed by atoms with E-state index in [0.29, 0.717) is 17.6 Å². The van der Waals surface area contributed by atoms with Crippen molar-refractivity contribution in [2.24, 2.45) is 17.1 Å². The number of nitrogens with two attached hydrogens (primary N) is 1. The first-order chi connectivity index (χ1) is 8.53. The van der Waals surface area contributed by atoms with E-state index in [4.69, 9.17) is 10.5 Å². The Labute approximate surface area is 112 Å². The molecule has 2 rings (SSSR count). The lowest BCUT2D eigenvalue weighted by Crippen LogP contribution is -2.52. The Hall–Kier alpha value is -0.120. The van der Waals surface area contributed by atoms with Crippen LogP contribution in [0.15, 0.2) is 0 Å². The second-order valence-corrected chi connectivity index (χ2v) is 6.84. The number of nitrogens with zero attached hydrogens (tertiary/aromatic N) is 1. The summed E-state index contributed by atoms with van der Waals surface area (Å²) in [6.07, 6.45) is 6.06. The molecule has 0 bridgehead atoms. The number of hydrogen-bond donors (Lipinski definition) is 1. The van der Waals surface area contributed by atoms with E-state index >= 15 is 0 Å². The summed E-state index contributed by atoms with van der Waals surface area (Å²) in [6, 6.07) is 0. The monoisotopic (exact) mass is 254 g/mol. The van der Waals surface area contributed by atoms with Gasteiger partial charge in [-0.3, -0.25) is 4.90 Å². The van der Waals surface area contributed by atoms with Crippen molar-refractivity contribution in [3.05, 3.63) is 0 Å². The molecule has 1 heterocycles. The molecule has 1 saturated carbocycles. The van der Waals surface area contributed by atoms with Gasteiger partial charge in [-0.15, -0.1) is 0 Å². The van der Waals surface area contributed by atoms with Crippen LogP contribution in [0.1, 0.15) is 46.5 Å². The molecule has 1 saturated heterocycles. The Kier molecular flexibility index (Phi) is 4.68. The molecular weight excluding hydrogens is 224 g/mol. The van der Waals surface area contributed by atoms with Crippen molar-refractivity contribution in [1.29, 1.82) is 0 Å². The minimum absolute atomic E-state index is 0.367. The number of morpholine rings is 1. The van der Waals surface area contributed by atoms with E-state index in [-0.39, 0.29) is 0 Å². The third kappa shape index (κ3) is 3.46. The minimum atomic E-state index is 0.367. The Morgan fingerprint density at radius 3 is 2.17 bits per heavy atom. The standard InChI is InChI=1S/C15H30N2O/c1-12-4-6-15(10-16,7-5-12)11-17-8-13(2)18-14(3)9-17/h12-14H,4-11,16H2,1-3H3/t12?,13-,14+,15?. The summed E-state index contributed by atoms with van der Waals surface area (Å²) in [5.74, 6) is 0.896. The van der Waals surface area contributed by atoms with Gasteiger partial charge in [-0.05, 0) is 44.6 Å². The molecule has 0 aromatic heterocycles. The van der Waals surface area contributed by atoms with Gasteiger partial charge < -0.3 is 10.5 Å². The SMILES string of the molecule is CC1CCC(CN)(CN2C[C@@H](C)O[C@@H](C)C2)CC1. The lowest BCUT2D eigenvalue weighted by molar-refractivity contribution is -0.0805. The summed E-state index contributed by atoms with van der Waals surface area (Å²) >= 11 is 0. The highest BCUT2D eigenvalue weighted by molar-refractivity contribution is 4.90. The molecule has 1 aliphatic carbocycles. The van der Waals surface area contributed by atoms with Crippen LogP contribution < -0.4 is 5.73 Å². The highest BCUT2D eigenvalue weighted by Crippen LogP contribution is 2.39. The van der Waals surface area contributed by atoms with Crippen LogP contribution in [-0.2, 0) is 4.74 Å². The van der Waals surface area contributed by atoms with Gasteiger partial charge in [-0.1, -0.05) is 19.8 Å². The van der Waals surface area contributed by atoms with Crippen molar-refractivity contribution in [1.82, 2.24) is 4.90 Å². The topological polar surface area (TPSA) is 38.5 Å². The zero-order chi connectivity index (χ0) is 13.2. The fourth-order valence-electron chi connectivity index (χ4n) is 3.69. The average molecular weight is 254 g/mol. The van der Waals surface area contributed by atoms with Crippen LogP contribution in [-0.4, -0.2) is 43.3 Å². The second kappa shape index (κ2) is 5.89. The Balaban J connectivity index is 1.93. The van der Waals surface area contributed by atoms with Gasteiger partial charge in [-0.25, -0.2) is 0 Å². The molecule has 3 nitrogen and oxygen atoms in total. The van der Waals surface area contributed by atoms with Crippen LogP contribution in [0, 0.1) is 11.3 Å². The fraction of sp³-hybridized carbons (Fsp3) is 1.00. The van der Waals surface area contributed by atoms with E-state index in [1.807, 2.05) is 0 Å². The molecule has 1 aliphatic heterocycles. The summed E-state index contributed by atoms with van der Waals surface area (Å²) in [4.78, 5) is 2.58. The summed E-state index contributed by atoms with van der Waals surface area (Å²) in [7, 11) is 0. The zero-order valence-corrected chi connectivity index (χ0v) is 12.3. The third-order valence-corrected chi connectivity index (χ3v) is 4.82. The van der Waals surface area contributed by atoms with E-state index in [1.54, 1.807) is 0 Å². The molecule has 3 heteroatoms. The number of rotatable bonds is 3. The van der Waals surface area contributed by atoms with Crippen LogP contribution in [0.5, 0.6) is 0 Å². The molecule has 0 aromatic carbocycles. The average Bonchev–Trinajstić information content (AvgIpc) is 2.31. The smallest absolute Gasteiger partial charge is 0.0678 e. The quantitative estimate of drug-likeness (QED) is 0.839. The highest BCUT2D eigenvalue weighted by Gasteiger charge is 2.36. The summed E-state index contributed by atoms with van der Waals surface area (Å²) in [6.45, 7) is 10.9. The molecule has 0 amide bonds. The molecular formula is C15H30N2O. The fourth-order valence-corrected chi connectivity index (χ4v) is 3.69. The third-order valence-electron chi connectivity index (χ3n) is 4.82. The van der Waals surface area contributed by atoms with Crippen molar-refractivity contribution in [3.63, 3.8) is 0 Å². The lowest BCUT2D eigenvalue weighted by atomic mass is 9.70. The summed E-state index contributed by atoms with van der Waals surface area (Å²) in [5.41, 5.74) is 6.49. The predicted molar refractivity (Wildman–Crippen MR) is 75.6 cm³/mol. The Bertz CT molecular complexity index is 251. The Morgan fingerprint density at radius 2 is 1.67 bits per heavy atom. The van der Waals surface area contributed by atoms with Crippen molar-refractivity contribution in [2.45, 2.75) is 58.7 Å². The molecule has 0 aromatic rings. The maximum absolute atomic E-state index is 6.11. The number of hydrogen-bond acceptors (Lipinski definition) is 3. The number of ether oxygens (including phenoxy) is 1.